The summed E-state index contributed by atoms with van der Waals surface area (Å²) < 4.78 is 0. The van der Waals surface area contributed by atoms with Crippen LogP contribution in [-0.4, -0.2) is 18.1 Å². The average molecular weight is 203 g/mol. The van der Waals surface area contributed by atoms with Crippen molar-refractivity contribution in [1.82, 2.24) is 4.98 Å². The molecule has 15 heavy (non-hydrogen) atoms. The Hall–Kier alpha value is -1.56. The van der Waals surface area contributed by atoms with Gasteiger partial charge < -0.3 is 4.90 Å². The lowest BCUT2D eigenvalue weighted by Crippen LogP contribution is -2.24. The highest BCUT2D eigenvalue weighted by Gasteiger charge is 2.04. The summed E-state index contributed by atoms with van der Waals surface area (Å²) in [6.45, 7) is 6.42. The highest BCUT2D eigenvalue weighted by molar-refractivity contribution is 5.45. The summed E-state index contributed by atoms with van der Waals surface area (Å²) in [6, 6.07) is 5.77. The lowest BCUT2D eigenvalue weighted by Gasteiger charge is -2.23. The van der Waals surface area contributed by atoms with E-state index in [0.717, 1.165) is 31.6 Å². The SMILES string of the molecule is CCCN(CCC)c1ccc(C#N)nc1. The van der Waals surface area contributed by atoms with Crippen LogP contribution in [0.3, 0.4) is 0 Å². The first kappa shape index (κ1) is 11.5. The van der Waals surface area contributed by atoms with E-state index in [2.05, 4.69) is 23.7 Å². The third-order valence-electron chi connectivity index (χ3n) is 2.21. The van der Waals surface area contributed by atoms with Crippen LogP contribution < -0.4 is 4.90 Å². The second kappa shape index (κ2) is 6.02. The van der Waals surface area contributed by atoms with Crippen LogP contribution in [0.15, 0.2) is 18.3 Å². The molecule has 1 rings (SSSR count). The Labute approximate surface area is 91.4 Å². The van der Waals surface area contributed by atoms with E-state index in [1.54, 1.807) is 12.3 Å². The first-order valence-electron chi connectivity index (χ1n) is 5.43. The summed E-state index contributed by atoms with van der Waals surface area (Å²) in [4.78, 5) is 6.38. The van der Waals surface area contributed by atoms with Crippen LogP contribution in [0, 0.1) is 11.3 Å². The number of rotatable bonds is 5. The first-order chi connectivity index (χ1) is 7.31. The van der Waals surface area contributed by atoms with Gasteiger partial charge in [0.05, 0.1) is 11.9 Å². The molecule has 1 aromatic heterocycles. The minimum atomic E-state index is 0.478. The topological polar surface area (TPSA) is 39.9 Å². The molecule has 0 N–H and O–H groups in total. The smallest absolute Gasteiger partial charge is 0.140 e. The predicted octanol–water partition coefficient (Wildman–Crippen LogP) is 2.58. The molecular formula is C12H17N3. The van der Waals surface area contributed by atoms with Crippen LogP contribution in [0.4, 0.5) is 5.69 Å². The molecular weight excluding hydrogens is 186 g/mol. The standard InChI is InChI=1S/C12H17N3/c1-3-7-15(8-4-2)12-6-5-11(9-13)14-10-12/h5-6,10H,3-4,7-8H2,1-2H3. The molecule has 0 bridgehead atoms. The van der Waals surface area contributed by atoms with Gasteiger partial charge in [-0.25, -0.2) is 4.98 Å². The molecule has 3 nitrogen and oxygen atoms in total. The maximum atomic E-state index is 8.65. The van der Waals surface area contributed by atoms with E-state index in [1.165, 1.54) is 0 Å². The predicted molar refractivity (Wildman–Crippen MR) is 61.7 cm³/mol. The Kier molecular flexibility index (Phi) is 4.62. The molecule has 0 aliphatic rings. The van der Waals surface area contributed by atoms with Gasteiger partial charge in [0.2, 0.25) is 0 Å². The fraction of sp³-hybridized carbons (Fsp3) is 0.500. The van der Waals surface area contributed by atoms with Crippen molar-refractivity contribution >= 4 is 5.69 Å². The number of hydrogen-bond acceptors (Lipinski definition) is 3. The van der Waals surface area contributed by atoms with Gasteiger partial charge in [0.25, 0.3) is 0 Å². The van der Waals surface area contributed by atoms with Crippen molar-refractivity contribution in [2.24, 2.45) is 0 Å². The molecule has 0 atom stereocenters. The van der Waals surface area contributed by atoms with E-state index in [4.69, 9.17) is 5.26 Å². The summed E-state index contributed by atoms with van der Waals surface area (Å²) in [6.07, 6.45) is 4.03. The molecule has 0 radical (unpaired) electrons. The van der Waals surface area contributed by atoms with Gasteiger partial charge in [-0.05, 0) is 25.0 Å². The van der Waals surface area contributed by atoms with Gasteiger partial charge in [-0.1, -0.05) is 13.8 Å². The minimum Gasteiger partial charge on any atom is -0.370 e. The quantitative estimate of drug-likeness (QED) is 0.738. The Morgan fingerprint density at radius 3 is 2.33 bits per heavy atom. The Morgan fingerprint density at radius 2 is 1.93 bits per heavy atom. The Morgan fingerprint density at radius 1 is 1.27 bits per heavy atom. The first-order valence-corrected chi connectivity index (χ1v) is 5.43. The van der Waals surface area contributed by atoms with Crippen LogP contribution in [0.25, 0.3) is 0 Å². The number of aromatic nitrogens is 1. The van der Waals surface area contributed by atoms with Crippen molar-refractivity contribution in [1.29, 1.82) is 5.26 Å². The fourth-order valence-corrected chi connectivity index (χ4v) is 1.55. The van der Waals surface area contributed by atoms with Crippen LogP contribution in [0.1, 0.15) is 32.4 Å². The number of anilines is 1. The lowest BCUT2D eigenvalue weighted by atomic mass is 10.3. The van der Waals surface area contributed by atoms with Gasteiger partial charge >= 0.3 is 0 Å². The number of nitriles is 1. The highest BCUT2D eigenvalue weighted by atomic mass is 15.1. The number of nitrogens with zero attached hydrogens (tertiary/aromatic N) is 3. The molecule has 80 valence electrons. The maximum absolute atomic E-state index is 8.65. The van der Waals surface area contributed by atoms with E-state index in [1.807, 2.05) is 12.1 Å². The van der Waals surface area contributed by atoms with Crippen LogP contribution in [0.5, 0.6) is 0 Å². The van der Waals surface area contributed by atoms with Gasteiger partial charge in [-0.3, -0.25) is 0 Å². The van der Waals surface area contributed by atoms with Gasteiger partial charge in [0.15, 0.2) is 0 Å². The van der Waals surface area contributed by atoms with Crippen LogP contribution in [0.2, 0.25) is 0 Å². The average Bonchev–Trinajstić information content (AvgIpc) is 2.29. The van der Waals surface area contributed by atoms with E-state index in [9.17, 15) is 0 Å². The second-order valence-electron chi connectivity index (χ2n) is 3.50. The van der Waals surface area contributed by atoms with Gasteiger partial charge in [0, 0.05) is 13.1 Å². The zero-order valence-corrected chi connectivity index (χ0v) is 9.40. The Bertz CT molecular complexity index is 318. The molecule has 0 saturated heterocycles. The van der Waals surface area contributed by atoms with E-state index < -0.39 is 0 Å². The third kappa shape index (κ3) is 3.25. The van der Waals surface area contributed by atoms with Crippen LogP contribution >= 0.6 is 0 Å². The minimum absolute atomic E-state index is 0.478. The van der Waals surface area contributed by atoms with E-state index >= 15 is 0 Å². The summed E-state index contributed by atoms with van der Waals surface area (Å²) in [7, 11) is 0. The van der Waals surface area contributed by atoms with Crippen molar-refractivity contribution in [2.75, 3.05) is 18.0 Å². The van der Waals surface area contributed by atoms with Crippen molar-refractivity contribution < 1.29 is 0 Å². The third-order valence-corrected chi connectivity index (χ3v) is 2.21. The van der Waals surface area contributed by atoms with E-state index in [0.29, 0.717) is 5.69 Å². The highest BCUT2D eigenvalue weighted by Crippen LogP contribution is 2.13. The molecule has 1 aromatic rings. The molecule has 0 unspecified atom stereocenters. The largest absolute Gasteiger partial charge is 0.370 e. The summed E-state index contributed by atoms with van der Waals surface area (Å²) in [5, 5.41) is 8.65. The molecule has 3 heteroatoms. The molecule has 1 heterocycles. The van der Waals surface area contributed by atoms with Crippen molar-refractivity contribution in [3.63, 3.8) is 0 Å². The fourth-order valence-electron chi connectivity index (χ4n) is 1.55. The summed E-state index contributed by atoms with van der Waals surface area (Å²) in [5.41, 5.74) is 1.59. The molecule has 0 aliphatic heterocycles. The summed E-state index contributed by atoms with van der Waals surface area (Å²) >= 11 is 0. The molecule has 0 aliphatic carbocycles. The second-order valence-corrected chi connectivity index (χ2v) is 3.50. The molecule has 0 amide bonds. The normalized spacial score (nSPS) is 9.67. The van der Waals surface area contributed by atoms with Gasteiger partial charge in [0.1, 0.15) is 11.8 Å². The van der Waals surface area contributed by atoms with Crippen molar-refractivity contribution in [3.8, 4) is 6.07 Å². The van der Waals surface area contributed by atoms with Crippen molar-refractivity contribution in [2.45, 2.75) is 26.7 Å². The molecule has 0 aromatic carbocycles. The van der Waals surface area contributed by atoms with Gasteiger partial charge in [-0.2, -0.15) is 5.26 Å². The number of pyridine rings is 1. The molecule has 0 fully saturated rings. The zero-order chi connectivity index (χ0) is 11.1. The van der Waals surface area contributed by atoms with Crippen molar-refractivity contribution in [3.05, 3.63) is 24.0 Å². The summed E-state index contributed by atoms with van der Waals surface area (Å²) in [5.74, 6) is 0. The van der Waals surface area contributed by atoms with Crippen LogP contribution in [-0.2, 0) is 0 Å². The lowest BCUT2D eigenvalue weighted by molar-refractivity contribution is 0.743. The maximum Gasteiger partial charge on any atom is 0.140 e. The number of hydrogen-bond donors (Lipinski definition) is 0. The monoisotopic (exact) mass is 203 g/mol. The molecule has 0 saturated carbocycles. The zero-order valence-electron chi connectivity index (χ0n) is 9.40. The van der Waals surface area contributed by atoms with E-state index in [-0.39, 0.29) is 0 Å². The van der Waals surface area contributed by atoms with Gasteiger partial charge in [-0.15, -0.1) is 0 Å². The Balaban J connectivity index is 2.77. The molecule has 0 spiro atoms.